The Balaban J connectivity index is 1.73. The predicted octanol–water partition coefficient (Wildman–Crippen LogP) is 1.11. The number of morpholine rings is 1. The normalized spacial score (nSPS) is 30.4. The molecular formula is C13H24N2O2S. The second-order valence-corrected chi connectivity index (χ2v) is 6.61. The minimum absolute atomic E-state index is 0.168. The van der Waals surface area contributed by atoms with E-state index < -0.39 is 0 Å². The van der Waals surface area contributed by atoms with Gasteiger partial charge in [-0.3, -0.25) is 4.79 Å². The van der Waals surface area contributed by atoms with Gasteiger partial charge >= 0.3 is 0 Å². The smallest absolute Gasteiger partial charge is 0.232 e. The summed E-state index contributed by atoms with van der Waals surface area (Å²) in [6, 6.07) is 0. The highest BCUT2D eigenvalue weighted by molar-refractivity contribution is 8.00. The van der Waals surface area contributed by atoms with Crippen LogP contribution < -0.4 is 5.32 Å². The Labute approximate surface area is 114 Å². The fourth-order valence-electron chi connectivity index (χ4n) is 2.62. The molecule has 104 valence electrons. The molecule has 18 heavy (non-hydrogen) atoms. The molecule has 1 amide bonds. The Morgan fingerprint density at radius 3 is 2.50 bits per heavy atom. The molecule has 0 aliphatic carbocycles. The summed E-state index contributed by atoms with van der Waals surface area (Å²) < 4.78 is 5.65. The van der Waals surface area contributed by atoms with Crippen molar-refractivity contribution < 1.29 is 9.53 Å². The van der Waals surface area contributed by atoms with Crippen molar-refractivity contribution in [3.8, 4) is 0 Å². The number of nitrogens with zero attached hydrogens (tertiary/aromatic N) is 1. The average Bonchev–Trinajstić information content (AvgIpc) is 2.36. The van der Waals surface area contributed by atoms with Gasteiger partial charge in [-0.15, -0.1) is 11.8 Å². The summed E-state index contributed by atoms with van der Waals surface area (Å²) in [6.07, 6.45) is 2.71. The van der Waals surface area contributed by atoms with Crippen LogP contribution in [0, 0.1) is 0 Å². The lowest BCUT2D eigenvalue weighted by atomic mass is 10.2. The van der Waals surface area contributed by atoms with Crippen LogP contribution >= 0.6 is 11.8 Å². The first-order valence-corrected chi connectivity index (χ1v) is 7.95. The number of thioether (sulfide) groups is 1. The molecule has 2 saturated heterocycles. The van der Waals surface area contributed by atoms with Crippen molar-refractivity contribution in [3.63, 3.8) is 0 Å². The van der Waals surface area contributed by atoms with Gasteiger partial charge in [-0.25, -0.2) is 0 Å². The molecule has 1 N–H and O–H groups in total. The first-order valence-electron chi connectivity index (χ1n) is 6.90. The van der Waals surface area contributed by atoms with E-state index in [-0.39, 0.29) is 18.1 Å². The van der Waals surface area contributed by atoms with Crippen LogP contribution in [0.25, 0.3) is 0 Å². The minimum Gasteiger partial charge on any atom is -0.372 e. The van der Waals surface area contributed by atoms with Gasteiger partial charge in [0.1, 0.15) is 0 Å². The highest BCUT2D eigenvalue weighted by Crippen LogP contribution is 2.21. The van der Waals surface area contributed by atoms with Crippen molar-refractivity contribution in [1.82, 2.24) is 10.2 Å². The summed E-state index contributed by atoms with van der Waals surface area (Å²) in [5.41, 5.74) is 0. The fraction of sp³-hybridized carbons (Fsp3) is 0.923. The number of hydrogen-bond donors (Lipinski definition) is 1. The number of ether oxygens (including phenoxy) is 1. The largest absolute Gasteiger partial charge is 0.372 e. The highest BCUT2D eigenvalue weighted by Gasteiger charge is 2.26. The maximum Gasteiger partial charge on any atom is 0.232 e. The molecule has 2 atom stereocenters. The van der Waals surface area contributed by atoms with Crippen LogP contribution in [0.3, 0.4) is 0 Å². The van der Waals surface area contributed by atoms with E-state index in [1.807, 2.05) is 30.5 Å². The number of rotatable bonds is 3. The van der Waals surface area contributed by atoms with E-state index in [9.17, 15) is 4.79 Å². The van der Waals surface area contributed by atoms with Crippen molar-refractivity contribution in [1.29, 1.82) is 0 Å². The number of carbonyl (C=O) groups is 1. The van der Waals surface area contributed by atoms with Crippen molar-refractivity contribution in [2.75, 3.05) is 31.9 Å². The minimum atomic E-state index is 0.168. The Bertz CT molecular complexity index is 272. The number of piperidine rings is 1. The van der Waals surface area contributed by atoms with Gasteiger partial charge < -0.3 is 15.0 Å². The monoisotopic (exact) mass is 272 g/mol. The Hall–Kier alpha value is -0.260. The SMILES string of the molecule is CC1CN(C(=O)CSC2CCNCC2)CC(C)O1. The van der Waals surface area contributed by atoms with Gasteiger partial charge in [-0.1, -0.05) is 0 Å². The molecule has 0 aromatic heterocycles. The molecule has 2 unspecified atom stereocenters. The molecule has 2 aliphatic rings. The first-order chi connectivity index (χ1) is 8.65. The predicted molar refractivity (Wildman–Crippen MR) is 74.9 cm³/mol. The van der Waals surface area contributed by atoms with Gasteiger partial charge in [0.25, 0.3) is 0 Å². The van der Waals surface area contributed by atoms with E-state index in [0.717, 1.165) is 26.2 Å². The number of amides is 1. The van der Waals surface area contributed by atoms with Crippen LogP contribution in [0.1, 0.15) is 26.7 Å². The standard InChI is InChI=1S/C13H24N2O2S/c1-10-7-15(8-11(2)17-10)13(16)9-18-12-3-5-14-6-4-12/h10-12,14H,3-9H2,1-2H3. The lowest BCUT2D eigenvalue weighted by molar-refractivity contribution is -0.140. The summed E-state index contributed by atoms with van der Waals surface area (Å²) in [6.45, 7) is 7.76. The maximum absolute atomic E-state index is 12.2. The molecule has 0 spiro atoms. The van der Waals surface area contributed by atoms with Gasteiger partial charge in [0.2, 0.25) is 5.91 Å². The summed E-state index contributed by atoms with van der Waals surface area (Å²) >= 11 is 1.83. The van der Waals surface area contributed by atoms with E-state index in [4.69, 9.17) is 4.74 Å². The quantitative estimate of drug-likeness (QED) is 0.835. The molecular weight excluding hydrogens is 248 g/mol. The summed E-state index contributed by atoms with van der Waals surface area (Å²) in [4.78, 5) is 14.1. The lowest BCUT2D eigenvalue weighted by Gasteiger charge is -2.35. The third kappa shape index (κ3) is 4.14. The van der Waals surface area contributed by atoms with Gasteiger partial charge in [0.15, 0.2) is 0 Å². The van der Waals surface area contributed by atoms with Crippen molar-refractivity contribution in [2.45, 2.75) is 44.1 Å². The van der Waals surface area contributed by atoms with Crippen LogP contribution in [0.2, 0.25) is 0 Å². The lowest BCUT2D eigenvalue weighted by Crippen LogP contribution is -2.49. The van der Waals surface area contributed by atoms with E-state index in [1.54, 1.807) is 0 Å². The molecule has 0 bridgehead atoms. The molecule has 2 heterocycles. The van der Waals surface area contributed by atoms with Crippen LogP contribution in [-0.2, 0) is 9.53 Å². The zero-order valence-corrected chi connectivity index (χ0v) is 12.2. The summed E-state index contributed by atoms with van der Waals surface area (Å²) in [7, 11) is 0. The van der Waals surface area contributed by atoms with Crippen LogP contribution in [0.15, 0.2) is 0 Å². The molecule has 0 saturated carbocycles. The molecule has 2 aliphatic heterocycles. The Morgan fingerprint density at radius 2 is 1.89 bits per heavy atom. The van der Waals surface area contributed by atoms with E-state index in [1.165, 1.54) is 12.8 Å². The van der Waals surface area contributed by atoms with Crippen molar-refractivity contribution in [2.24, 2.45) is 0 Å². The average molecular weight is 272 g/mol. The van der Waals surface area contributed by atoms with Crippen molar-refractivity contribution in [3.05, 3.63) is 0 Å². The number of nitrogens with one attached hydrogen (secondary N) is 1. The van der Waals surface area contributed by atoms with Gasteiger partial charge in [-0.05, 0) is 39.8 Å². The molecule has 0 aromatic carbocycles. The van der Waals surface area contributed by atoms with Gasteiger partial charge in [-0.2, -0.15) is 0 Å². The molecule has 2 fully saturated rings. The highest BCUT2D eigenvalue weighted by atomic mass is 32.2. The van der Waals surface area contributed by atoms with E-state index >= 15 is 0 Å². The van der Waals surface area contributed by atoms with E-state index in [2.05, 4.69) is 5.32 Å². The Morgan fingerprint density at radius 1 is 1.28 bits per heavy atom. The van der Waals surface area contributed by atoms with Crippen molar-refractivity contribution >= 4 is 17.7 Å². The molecule has 2 rings (SSSR count). The molecule has 0 aromatic rings. The zero-order chi connectivity index (χ0) is 13.0. The topological polar surface area (TPSA) is 41.6 Å². The van der Waals surface area contributed by atoms with E-state index in [0.29, 0.717) is 11.0 Å². The van der Waals surface area contributed by atoms with Gasteiger partial charge in [0, 0.05) is 18.3 Å². The fourth-order valence-corrected chi connectivity index (χ4v) is 3.75. The zero-order valence-electron chi connectivity index (χ0n) is 11.4. The van der Waals surface area contributed by atoms with Crippen LogP contribution in [0.5, 0.6) is 0 Å². The summed E-state index contributed by atoms with van der Waals surface area (Å²) in [5, 5.41) is 4.01. The third-order valence-electron chi connectivity index (χ3n) is 3.50. The second-order valence-electron chi connectivity index (χ2n) is 5.32. The second kappa shape index (κ2) is 6.78. The molecule has 5 heteroatoms. The molecule has 4 nitrogen and oxygen atoms in total. The van der Waals surface area contributed by atoms with Crippen LogP contribution in [0.4, 0.5) is 0 Å². The number of carbonyl (C=O) groups excluding carboxylic acids is 1. The van der Waals surface area contributed by atoms with Crippen LogP contribution in [-0.4, -0.2) is 60.2 Å². The molecule has 0 radical (unpaired) electrons. The first kappa shape index (κ1) is 14.2. The van der Waals surface area contributed by atoms with Gasteiger partial charge in [0.05, 0.1) is 18.0 Å². The Kier molecular flexibility index (Phi) is 5.33. The maximum atomic E-state index is 12.2. The summed E-state index contributed by atoms with van der Waals surface area (Å²) in [5.74, 6) is 0.907. The third-order valence-corrected chi connectivity index (χ3v) is 4.86. The number of hydrogen-bond acceptors (Lipinski definition) is 4.